The van der Waals surface area contributed by atoms with Gasteiger partial charge < -0.3 is 11.1 Å². The summed E-state index contributed by atoms with van der Waals surface area (Å²) in [5.41, 5.74) is 7.87. The Morgan fingerprint density at radius 2 is 1.55 bits per heavy atom. The van der Waals surface area contributed by atoms with Crippen LogP contribution >= 0.6 is 46.4 Å². The van der Waals surface area contributed by atoms with E-state index < -0.39 is 0 Å². The lowest BCUT2D eigenvalue weighted by atomic mass is 10.1. The lowest BCUT2D eigenvalue weighted by Gasteiger charge is -2.12. The van der Waals surface area contributed by atoms with Crippen LogP contribution in [0.4, 0.5) is 11.4 Å². The first-order chi connectivity index (χ1) is 9.47. The molecule has 0 aliphatic carbocycles. The fourth-order valence-corrected chi connectivity index (χ4v) is 2.95. The summed E-state index contributed by atoms with van der Waals surface area (Å²) < 4.78 is 0. The molecule has 0 radical (unpaired) electrons. The monoisotopic (exact) mass is 348 g/mol. The van der Waals surface area contributed by atoms with Gasteiger partial charge in [0.25, 0.3) is 0 Å². The van der Waals surface area contributed by atoms with Gasteiger partial charge in [-0.25, -0.2) is 0 Å². The number of nitrogens with two attached hydrogens (primary N) is 1. The van der Waals surface area contributed by atoms with Gasteiger partial charge in [-0.3, -0.25) is 0 Å². The zero-order valence-corrected chi connectivity index (χ0v) is 13.4. The zero-order valence-electron chi connectivity index (χ0n) is 10.4. The molecule has 0 atom stereocenters. The van der Waals surface area contributed by atoms with E-state index in [9.17, 15) is 0 Å². The Balaban J connectivity index is 2.03. The number of hydrogen-bond donors (Lipinski definition) is 2. The van der Waals surface area contributed by atoms with E-state index in [2.05, 4.69) is 5.32 Å². The van der Waals surface area contributed by atoms with Gasteiger partial charge in [0.15, 0.2) is 0 Å². The van der Waals surface area contributed by atoms with Crippen molar-refractivity contribution in [1.29, 1.82) is 0 Å². The minimum Gasteiger partial charge on any atom is -0.399 e. The van der Waals surface area contributed by atoms with E-state index in [4.69, 9.17) is 52.1 Å². The van der Waals surface area contributed by atoms with E-state index in [1.807, 2.05) is 12.1 Å². The number of anilines is 2. The van der Waals surface area contributed by atoms with Crippen LogP contribution in [0.2, 0.25) is 20.1 Å². The summed E-state index contributed by atoms with van der Waals surface area (Å²) in [6.45, 7) is 0.644. The van der Waals surface area contributed by atoms with Crippen molar-refractivity contribution >= 4 is 57.8 Å². The van der Waals surface area contributed by atoms with Crippen LogP contribution in [0.1, 0.15) is 5.56 Å². The fraction of sp³-hybridized carbons (Fsp3) is 0.143. The zero-order chi connectivity index (χ0) is 14.7. The van der Waals surface area contributed by atoms with Crippen molar-refractivity contribution in [3.8, 4) is 0 Å². The highest BCUT2D eigenvalue weighted by atomic mass is 35.5. The summed E-state index contributed by atoms with van der Waals surface area (Å²) in [6.07, 6.45) is 0.729. The molecule has 2 aromatic carbocycles. The number of nitrogen functional groups attached to an aromatic ring is 1. The van der Waals surface area contributed by atoms with Gasteiger partial charge in [-0.2, -0.15) is 0 Å². The number of benzene rings is 2. The molecule has 2 aromatic rings. The molecule has 0 saturated carbocycles. The molecule has 0 amide bonds. The van der Waals surface area contributed by atoms with Crippen LogP contribution in [0.25, 0.3) is 0 Å². The first-order valence-corrected chi connectivity index (χ1v) is 7.41. The molecular formula is C14H12Cl4N2. The highest BCUT2D eigenvalue weighted by Crippen LogP contribution is 2.32. The lowest BCUT2D eigenvalue weighted by Crippen LogP contribution is -2.06. The molecule has 0 spiro atoms. The first kappa shape index (κ1) is 15.6. The summed E-state index contributed by atoms with van der Waals surface area (Å²) in [7, 11) is 0. The van der Waals surface area contributed by atoms with Crippen molar-refractivity contribution in [2.24, 2.45) is 0 Å². The van der Waals surface area contributed by atoms with E-state index in [0.29, 0.717) is 38.0 Å². The Kier molecular flexibility index (Phi) is 5.28. The molecule has 6 heteroatoms. The largest absolute Gasteiger partial charge is 0.399 e. The van der Waals surface area contributed by atoms with Crippen LogP contribution in [0.5, 0.6) is 0 Å². The summed E-state index contributed by atoms with van der Waals surface area (Å²) in [5.74, 6) is 0. The van der Waals surface area contributed by atoms with Crippen LogP contribution in [-0.4, -0.2) is 6.54 Å². The van der Waals surface area contributed by atoms with Gasteiger partial charge in [0.2, 0.25) is 0 Å². The molecule has 2 nitrogen and oxygen atoms in total. The molecule has 20 heavy (non-hydrogen) atoms. The fourth-order valence-electron chi connectivity index (χ4n) is 1.81. The van der Waals surface area contributed by atoms with Gasteiger partial charge in [-0.1, -0.05) is 52.5 Å². The van der Waals surface area contributed by atoms with Crippen LogP contribution in [0.15, 0.2) is 30.3 Å². The quantitative estimate of drug-likeness (QED) is 0.711. The van der Waals surface area contributed by atoms with Crippen molar-refractivity contribution in [2.75, 3.05) is 17.6 Å². The highest BCUT2D eigenvalue weighted by molar-refractivity contribution is 6.39. The summed E-state index contributed by atoms with van der Waals surface area (Å²) in [6, 6.07) is 8.75. The average Bonchev–Trinajstić information content (AvgIpc) is 2.34. The lowest BCUT2D eigenvalue weighted by molar-refractivity contribution is 1.02. The van der Waals surface area contributed by atoms with E-state index in [0.717, 1.165) is 12.0 Å². The molecule has 0 aliphatic rings. The molecular weight excluding hydrogens is 338 g/mol. The molecule has 0 fully saturated rings. The second kappa shape index (κ2) is 6.77. The van der Waals surface area contributed by atoms with Gasteiger partial charge in [0.05, 0.1) is 15.7 Å². The SMILES string of the molecule is Nc1cc(Cl)c(NCCc2ccc(Cl)cc2Cl)c(Cl)c1. The normalized spacial score (nSPS) is 10.6. The van der Waals surface area contributed by atoms with Crippen molar-refractivity contribution in [2.45, 2.75) is 6.42 Å². The van der Waals surface area contributed by atoms with E-state index >= 15 is 0 Å². The third kappa shape index (κ3) is 3.86. The Bertz CT molecular complexity index is 606. The topological polar surface area (TPSA) is 38.0 Å². The third-order valence-corrected chi connectivity index (χ3v) is 3.96. The maximum atomic E-state index is 6.11. The van der Waals surface area contributed by atoms with Crippen LogP contribution in [-0.2, 0) is 6.42 Å². The molecule has 0 aliphatic heterocycles. The van der Waals surface area contributed by atoms with Gasteiger partial charge in [0, 0.05) is 22.3 Å². The predicted octanol–water partition coefficient (Wildman–Crippen LogP) is 5.54. The van der Waals surface area contributed by atoms with Gasteiger partial charge >= 0.3 is 0 Å². The molecule has 0 aromatic heterocycles. The Morgan fingerprint density at radius 3 is 2.15 bits per heavy atom. The Morgan fingerprint density at radius 1 is 0.900 bits per heavy atom. The van der Waals surface area contributed by atoms with Gasteiger partial charge in [0.1, 0.15) is 0 Å². The molecule has 0 heterocycles. The van der Waals surface area contributed by atoms with Crippen molar-refractivity contribution < 1.29 is 0 Å². The van der Waals surface area contributed by atoms with E-state index in [-0.39, 0.29) is 0 Å². The molecule has 0 unspecified atom stereocenters. The molecule has 106 valence electrons. The first-order valence-electron chi connectivity index (χ1n) is 5.89. The number of hydrogen-bond acceptors (Lipinski definition) is 2. The van der Waals surface area contributed by atoms with Crippen LogP contribution in [0.3, 0.4) is 0 Å². The highest BCUT2D eigenvalue weighted by Gasteiger charge is 2.07. The second-order valence-electron chi connectivity index (χ2n) is 4.27. The maximum Gasteiger partial charge on any atom is 0.0720 e. The summed E-state index contributed by atoms with van der Waals surface area (Å²) in [5, 5.41) is 5.45. The maximum absolute atomic E-state index is 6.11. The van der Waals surface area contributed by atoms with Crippen LogP contribution in [0, 0.1) is 0 Å². The van der Waals surface area contributed by atoms with Crippen molar-refractivity contribution in [3.63, 3.8) is 0 Å². The van der Waals surface area contributed by atoms with Gasteiger partial charge in [-0.15, -0.1) is 0 Å². The smallest absolute Gasteiger partial charge is 0.0720 e. The number of halogens is 4. The number of nitrogens with one attached hydrogen (secondary N) is 1. The van der Waals surface area contributed by atoms with Crippen molar-refractivity contribution in [1.82, 2.24) is 0 Å². The molecule has 0 saturated heterocycles. The third-order valence-electron chi connectivity index (χ3n) is 2.78. The summed E-state index contributed by atoms with van der Waals surface area (Å²) in [4.78, 5) is 0. The van der Waals surface area contributed by atoms with Gasteiger partial charge in [-0.05, 0) is 36.2 Å². The van der Waals surface area contributed by atoms with E-state index in [1.54, 1.807) is 18.2 Å². The van der Waals surface area contributed by atoms with E-state index in [1.165, 1.54) is 0 Å². The number of rotatable bonds is 4. The minimum absolute atomic E-state index is 0.497. The minimum atomic E-state index is 0.497. The van der Waals surface area contributed by atoms with Crippen molar-refractivity contribution in [3.05, 3.63) is 56.0 Å². The molecule has 0 bridgehead atoms. The second-order valence-corrected chi connectivity index (χ2v) is 5.93. The Labute approximate surface area is 137 Å². The average molecular weight is 350 g/mol. The van der Waals surface area contributed by atoms with Crippen LogP contribution < -0.4 is 11.1 Å². The molecule has 3 N–H and O–H groups in total. The Hall–Kier alpha value is -0.800. The predicted molar refractivity (Wildman–Crippen MR) is 89.5 cm³/mol. The standard InChI is InChI=1S/C14H12Cl4N2/c15-9-2-1-8(11(16)5-9)3-4-20-14-12(17)6-10(19)7-13(14)18/h1-2,5-7,20H,3-4,19H2. The molecule has 2 rings (SSSR count). The summed E-state index contributed by atoms with van der Waals surface area (Å²) >= 11 is 24.2.